The molecule has 0 spiro atoms. The van der Waals surface area contributed by atoms with Gasteiger partial charge in [0.15, 0.2) is 0 Å². The third kappa shape index (κ3) is 4.07. The van der Waals surface area contributed by atoms with E-state index in [1.165, 1.54) is 12.1 Å². The third-order valence-corrected chi connectivity index (χ3v) is 2.64. The number of carbonyl (C=O) groups excluding carboxylic acids is 1. The molecule has 0 bridgehead atoms. The van der Waals surface area contributed by atoms with E-state index in [1.54, 1.807) is 0 Å². The van der Waals surface area contributed by atoms with Crippen LogP contribution in [0.3, 0.4) is 0 Å². The highest BCUT2D eigenvalue weighted by molar-refractivity contribution is 6.30. The van der Waals surface area contributed by atoms with Crippen LogP contribution in [0.15, 0.2) is 18.2 Å². The van der Waals surface area contributed by atoms with Gasteiger partial charge in [0.2, 0.25) is 0 Å². The standard InChI is InChI=1S/C11H10Cl2F3NO/c12-3-4-17(6-10(15)16)11(18)7-1-2-8(13)9(14)5-7/h1-2,5,10H,3-4,6H2. The molecule has 1 aromatic carbocycles. The number of benzene rings is 1. The van der Waals surface area contributed by atoms with Crippen LogP contribution in [-0.4, -0.2) is 36.2 Å². The van der Waals surface area contributed by atoms with E-state index >= 15 is 0 Å². The van der Waals surface area contributed by atoms with Gasteiger partial charge < -0.3 is 4.90 Å². The fraction of sp³-hybridized carbons (Fsp3) is 0.364. The maximum absolute atomic E-state index is 13.2. The molecule has 0 saturated heterocycles. The van der Waals surface area contributed by atoms with Crippen molar-refractivity contribution in [2.45, 2.75) is 6.43 Å². The second-order valence-corrected chi connectivity index (χ2v) is 4.25. The van der Waals surface area contributed by atoms with Gasteiger partial charge in [0.25, 0.3) is 12.3 Å². The summed E-state index contributed by atoms with van der Waals surface area (Å²) in [7, 11) is 0. The summed E-state index contributed by atoms with van der Waals surface area (Å²) < 4.78 is 37.8. The quantitative estimate of drug-likeness (QED) is 0.763. The maximum atomic E-state index is 13.2. The Morgan fingerprint density at radius 1 is 1.39 bits per heavy atom. The van der Waals surface area contributed by atoms with Gasteiger partial charge in [-0.15, -0.1) is 11.6 Å². The van der Waals surface area contributed by atoms with E-state index in [0.29, 0.717) is 0 Å². The highest BCUT2D eigenvalue weighted by Crippen LogP contribution is 2.17. The van der Waals surface area contributed by atoms with Crippen LogP contribution in [0.4, 0.5) is 13.2 Å². The first-order valence-corrected chi connectivity index (χ1v) is 5.95. The second kappa shape index (κ2) is 6.85. The van der Waals surface area contributed by atoms with E-state index in [-0.39, 0.29) is 23.0 Å². The van der Waals surface area contributed by atoms with Gasteiger partial charge in [-0.3, -0.25) is 4.79 Å². The monoisotopic (exact) mass is 299 g/mol. The molecular formula is C11H10Cl2F3NO. The lowest BCUT2D eigenvalue weighted by atomic mass is 10.2. The molecule has 2 nitrogen and oxygen atoms in total. The summed E-state index contributed by atoms with van der Waals surface area (Å²) in [5.41, 5.74) is -0.0392. The third-order valence-electron chi connectivity index (χ3n) is 2.17. The van der Waals surface area contributed by atoms with Crippen molar-refractivity contribution in [2.75, 3.05) is 19.0 Å². The number of rotatable bonds is 5. The van der Waals surface area contributed by atoms with Crippen LogP contribution in [0.25, 0.3) is 0 Å². The van der Waals surface area contributed by atoms with Crippen LogP contribution < -0.4 is 0 Å². The number of hydrogen-bond acceptors (Lipinski definition) is 1. The summed E-state index contributed by atoms with van der Waals surface area (Å²) in [6, 6.07) is 3.39. The molecule has 100 valence electrons. The SMILES string of the molecule is O=C(c1ccc(Cl)c(F)c1)N(CCCl)CC(F)F. The van der Waals surface area contributed by atoms with Gasteiger partial charge in [0.05, 0.1) is 11.6 Å². The zero-order valence-electron chi connectivity index (χ0n) is 9.18. The first kappa shape index (κ1) is 15.1. The molecule has 1 amide bonds. The van der Waals surface area contributed by atoms with Crippen molar-refractivity contribution < 1.29 is 18.0 Å². The van der Waals surface area contributed by atoms with Gasteiger partial charge in [-0.05, 0) is 18.2 Å². The van der Waals surface area contributed by atoms with Gasteiger partial charge in [-0.2, -0.15) is 0 Å². The Balaban J connectivity index is 2.90. The molecule has 0 aliphatic rings. The normalized spacial score (nSPS) is 10.8. The maximum Gasteiger partial charge on any atom is 0.255 e. The minimum Gasteiger partial charge on any atom is -0.332 e. The number of amides is 1. The van der Waals surface area contributed by atoms with Crippen molar-refractivity contribution in [3.05, 3.63) is 34.6 Å². The molecule has 0 aliphatic heterocycles. The molecule has 1 aromatic rings. The highest BCUT2D eigenvalue weighted by Gasteiger charge is 2.20. The number of halogens is 5. The summed E-state index contributed by atoms with van der Waals surface area (Å²) >= 11 is 10.9. The lowest BCUT2D eigenvalue weighted by Crippen LogP contribution is -2.36. The average molecular weight is 300 g/mol. The lowest BCUT2D eigenvalue weighted by Gasteiger charge is -2.21. The first-order valence-electron chi connectivity index (χ1n) is 5.04. The minimum atomic E-state index is -2.67. The van der Waals surface area contributed by atoms with Gasteiger partial charge in [-0.1, -0.05) is 11.6 Å². The highest BCUT2D eigenvalue weighted by atomic mass is 35.5. The van der Waals surface area contributed by atoms with Gasteiger partial charge >= 0.3 is 0 Å². The topological polar surface area (TPSA) is 20.3 Å². The smallest absolute Gasteiger partial charge is 0.255 e. The molecule has 0 aliphatic carbocycles. The Hall–Kier alpha value is -0.940. The molecule has 7 heteroatoms. The van der Waals surface area contributed by atoms with Crippen LogP contribution in [0.1, 0.15) is 10.4 Å². The predicted octanol–water partition coefficient (Wildman–Crippen LogP) is 3.43. The number of hydrogen-bond donors (Lipinski definition) is 0. The molecule has 0 fully saturated rings. The lowest BCUT2D eigenvalue weighted by molar-refractivity contribution is 0.0570. The van der Waals surface area contributed by atoms with Crippen LogP contribution in [0.2, 0.25) is 5.02 Å². The Bertz CT molecular complexity index is 429. The summed E-state index contributed by atoms with van der Waals surface area (Å²) in [6.07, 6.45) is -2.67. The zero-order chi connectivity index (χ0) is 13.7. The first-order chi connectivity index (χ1) is 8.45. The van der Waals surface area contributed by atoms with Crippen LogP contribution in [-0.2, 0) is 0 Å². The van der Waals surface area contributed by atoms with Gasteiger partial charge in [0, 0.05) is 18.0 Å². The average Bonchev–Trinajstić information content (AvgIpc) is 2.31. The van der Waals surface area contributed by atoms with Crippen molar-refractivity contribution in [1.82, 2.24) is 4.90 Å². The van der Waals surface area contributed by atoms with Crippen LogP contribution in [0, 0.1) is 5.82 Å². The van der Waals surface area contributed by atoms with E-state index < -0.39 is 24.7 Å². The van der Waals surface area contributed by atoms with E-state index in [0.717, 1.165) is 11.0 Å². The fourth-order valence-electron chi connectivity index (χ4n) is 1.36. The molecule has 18 heavy (non-hydrogen) atoms. The Kier molecular flexibility index (Phi) is 5.75. The molecule has 0 aromatic heterocycles. The van der Waals surface area contributed by atoms with Crippen molar-refractivity contribution >= 4 is 29.1 Å². The largest absolute Gasteiger partial charge is 0.332 e. The molecular weight excluding hydrogens is 290 g/mol. The van der Waals surface area contributed by atoms with E-state index in [2.05, 4.69) is 0 Å². The Labute approximate surface area is 112 Å². The summed E-state index contributed by atoms with van der Waals surface area (Å²) in [5, 5.41) is -0.135. The molecule has 0 unspecified atom stereocenters. The molecule has 1 rings (SSSR count). The number of nitrogens with zero attached hydrogens (tertiary/aromatic N) is 1. The van der Waals surface area contributed by atoms with Crippen LogP contribution >= 0.6 is 23.2 Å². The number of alkyl halides is 3. The molecule has 0 saturated carbocycles. The van der Waals surface area contributed by atoms with E-state index in [9.17, 15) is 18.0 Å². The number of carbonyl (C=O) groups is 1. The van der Waals surface area contributed by atoms with Crippen LogP contribution in [0.5, 0.6) is 0 Å². The minimum absolute atomic E-state index is 0.0224. The molecule has 0 radical (unpaired) electrons. The molecule has 0 atom stereocenters. The Morgan fingerprint density at radius 3 is 2.56 bits per heavy atom. The van der Waals surface area contributed by atoms with Gasteiger partial charge in [-0.25, -0.2) is 13.2 Å². The fourth-order valence-corrected chi connectivity index (χ4v) is 1.68. The van der Waals surface area contributed by atoms with E-state index in [1.807, 2.05) is 0 Å². The zero-order valence-corrected chi connectivity index (χ0v) is 10.7. The van der Waals surface area contributed by atoms with Crippen molar-refractivity contribution in [2.24, 2.45) is 0 Å². The van der Waals surface area contributed by atoms with E-state index in [4.69, 9.17) is 23.2 Å². The summed E-state index contributed by atoms with van der Waals surface area (Å²) in [4.78, 5) is 12.7. The van der Waals surface area contributed by atoms with Crippen molar-refractivity contribution in [3.8, 4) is 0 Å². The van der Waals surface area contributed by atoms with Gasteiger partial charge in [0.1, 0.15) is 5.82 Å². The summed E-state index contributed by atoms with van der Waals surface area (Å²) in [5.74, 6) is -1.45. The molecule has 0 N–H and O–H groups in total. The second-order valence-electron chi connectivity index (χ2n) is 3.46. The van der Waals surface area contributed by atoms with Crippen molar-refractivity contribution in [1.29, 1.82) is 0 Å². The summed E-state index contributed by atoms with van der Waals surface area (Å²) in [6.45, 7) is -0.773. The molecule has 0 heterocycles. The Morgan fingerprint density at radius 2 is 2.06 bits per heavy atom. The van der Waals surface area contributed by atoms with Crippen molar-refractivity contribution in [3.63, 3.8) is 0 Å². The predicted molar refractivity (Wildman–Crippen MR) is 64.0 cm³/mol.